The Labute approximate surface area is 132 Å². The Bertz CT molecular complexity index is 368. The maximum atomic E-state index is 11.3. The molecule has 94 valence electrons. The third kappa shape index (κ3) is 7.64. The van der Waals surface area contributed by atoms with E-state index in [0.29, 0.717) is 25.7 Å². The van der Waals surface area contributed by atoms with Gasteiger partial charge < -0.3 is 6.16 Å². The summed E-state index contributed by atoms with van der Waals surface area (Å²) in [7, 11) is 0. The van der Waals surface area contributed by atoms with Crippen LogP contribution in [0.2, 0.25) is 0 Å². The maximum Gasteiger partial charge on any atom is 1.00 e. The number of hydrogen-bond acceptors (Lipinski definition) is 3. The first-order valence-corrected chi connectivity index (χ1v) is 5.99. The third-order valence-electron chi connectivity index (χ3n) is 2.37. The molecule has 0 radical (unpaired) electrons. The molecule has 0 N–H and O–H groups in total. The minimum atomic E-state index is -0.419. The Morgan fingerprint density at radius 3 is 2.33 bits per heavy atom. The van der Waals surface area contributed by atoms with Crippen LogP contribution in [0.25, 0.3) is 0 Å². The summed E-state index contributed by atoms with van der Waals surface area (Å²) < 4.78 is 4.65. The van der Waals surface area contributed by atoms with Crippen molar-refractivity contribution >= 4 is 11.9 Å². The molecule has 0 saturated heterocycles. The quantitative estimate of drug-likeness (QED) is 0.410. The zero-order valence-electron chi connectivity index (χ0n) is 12.1. The van der Waals surface area contributed by atoms with Crippen LogP contribution in [0.1, 0.15) is 39.6 Å². The van der Waals surface area contributed by atoms with E-state index in [0.717, 1.165) is 6.42 Å². The van der Waals surface area contributed by atoms with E-state index in [4.69, 9.17) is 0 Å². The van der Waals surface area contributed by atoms with Gasteiger partial charge >= 0.3 is 41.5 Å². The van der Waals surface area contributed by atoms with E-state index in [9.17, 15) is 9.59 Å². The topological polar surface area (TPSA) is 43.4 Å². The van der Waals surface area contributed by atoms with Crippen LogP contribution in [0.15, 0.2) is 30.3 Å². The van der Waals surface area contributed by atoms with Crippen LogP contribution in [0.3, 0.4) is 0 Å². The van der Waals surface area contributed by atoms with Crippen molar-refractivity contribution in [2.45, 2.75) is 39.0 Å². The largest absolute Gasteiger partial charge is 1.00 e. The maximum absolute atomic E-state index is 11.3. The SMILES string of the molecule is CCCC(=O)OC(=O)CCCc1ccccc1.[H-].[Na+]. The van der Waals surface area contributed by atoms with Crippen LogP contribution in [0.5, 0.6) is 0 Å². The van der Waals surface area contributed by atoms with Crippen molar-refractivity contribution in [2.24, 2.45) is 0 Å². The van der Waals surface area contributed by atoms with Gasteiger partial charge in [-0.15, -0.1) is 0 Å². The molecule has 0 aliphatic carbocycles. The van der Waals surface area contributed by atoms with Crippen LogP contribution in [0.4, 0.5) is 0 Å². The molecular formula is C14H19NaO3. The summed E-state index contributed by atoms with van der Waals surface area (Å²) in [5, 5.41) is 0. The molecule has 0 aliphatic heterocycles. The summed E-state index contributed by atoms with van der Waals surface area (Å²) >= 11 is 0. The number of esters is 2. The summed E-state index contributed by atoms with van der Waals surface area (Å²) in [4.78, 5) is 22.3. The molecule has 4 heteroatoms. The Kier molecular flexibility index (Phi) is 9.93. The first kappa shape index (κ1) is 17.4. The Hall–Kier alpha value is -0.640. The van der Waals surface area contributed by atoms with Crippen molar-refractivity contribution in [3.63, 3.8) is 0 Å². The second-order valence-electron chi connectivity index (χ2n) is 3.94. The fourth-order valence-corrected chi connectivity index (χ4v) is 1.51. The van der Waals surface area contributed by atoms with Crippen molar-refractivity contribution in [1.82, 2.24) is 0 Å². The molecule has 1 aromatic carbocycles. The van der Waals surface area contributed by atoms with Gasteiger partial charge in [0, 0.05) is 12.8 Å². The molecule has 0 amide bonds. The standard InChI is InChI=1S/C14H18O3.Na.H/c1-2-7-13(15)17-14(16)11-6-10-12-8-4-3-5-9-12;;/h3-5,8-9H,2,6-7,10-11H2,1H3;;/q;+1;-1. The molecule has 0 atom stereocenters. The number of aryl methyl sites for hydroxylation is 1. The summed E-state index contributed by atoms with van der Waals surface area (Å²) in [6.45, 7) is 1.88. The van der Waals surface area contributed by atoms with Crippen molar-refractivity contribution in [3.8, 4) is 0 Å². The van der Waals surface area contributed by atoms with Gasteiger partial charge in [-0.05, 0) is 24.8 Å². The molecule has 0 unspecified atom stereocenters. The van der Waals surface area contributed by atoms with Gasteiger partial charge in [-0.3, -0.25) is 9.59 Å². The van der Waals surface area contributed by atoms with Gasteiger partial charge in [-0.1, -0.05) is 37.3 Å². The van der Waals surface area contributed by atoms with Gasteiger partial charge in [0.1, 0.15) is 0 Å². The zero-order chi connectivity index (χ0) is 12.5. The predicted octanol–water partition coefficient (Wildman–Crippen LogP) is -0.00430. The van der Waals surface area contributed by atoms with Crippen molar-refractivity contribution < 1.29 is 45.3 Å². The van der Waals surface area contributed by atoms with E-state index in [1.807, 2.05) is 37.3 Å². The molecule has 0 bridgehead atoms. The molecule has 0 fully saturated rings. The van der Waals surface area contributed by atoms with Crippen molar-refractivity contribution in [2.75, 3.05) is 0 Å². The van der Waals surface area contributed by atoms with E-state index in [2.05, 4.69) is 4.74 Å². The average molecular weight is 258 g/mol. The third-order valence-corrected chi connectivity index (χ3v) is 2.37. The van der Waals surface area contributed by atoms with Crippen LogP contribution in [-0.4, -0.2) is 11.9 Å². The number of benzene rings is 1. The summed E-state index contributed by atoms with van der Waals surface area (Å²) in [5.74, 6) is -0.836. The molecule has 3 nitrogen and oxygen atoms in total. The number of hydrogen-bond donors (Lipinski definition) is 0. The molecule has 18 heavy (non-hydrogen) atoms. The average Bonchev–Trinajstić information content (AvgIpc) is 2.30. The monoisotopic (exact) mass is 258 g/mol. The molecule has 1 aromatic rings. The summed E-state index contributed by atoms with van der Waals surface area (Å²) in [6, 6.07) is 9.94. The number of carbonyl (C=O) groups is 2. The van der Waals surface area contributed by atoms with Crippen molar-refractivity contribution in [1.29, 1.82) is 0 Å². The first-order valence-electron chi connectivity index (χ1n) is 5.99. The van der Waals surface area contributed by atoms with Gasteiger partial charge in [0.15, 0.2) is 0 Å². The van der Waals surface area contributed by atoms with E-state index < -0.39 is 11.9 Å². The predicted molar refractivity (Wildman–Crippen MR) is 66.5 cm³/mol. The fraction of sp³-hybridized carbons (Fsp3) is 0.429. The van der Waals surface area contributed by atoms with Gasteiger partial charge in [-0.2, -0.15) is 0 Å². The second-order valence-corrected chi connectivity index (χ2v) is 3.94. The van der Waals surface area contributed by atoms with E-state index in [-0.39, 0.29) is 31.0 Å². The van der Waals surface area contributed by atoms with Crippen molar-refractivity contribution in [3.05, 3.63) is 35.9 Å². The normalized spacial score (nSPS) is 9.39. The Morgan fingerprint density at radius 2 is 1.72 bits per heavy atom. The van der Waals surface area contributed by atoms with E-state index in [1.165, 1.54) is 5.56 Å². The van der Waals surface area contributed by atoms with Crippen LogP contribution in [-0.2, 0) is 20.7 Å². The van der Waals surface area contributed by atoms with Crippen LogP contribution in [0, 0.1) is 0 Å². The zero-order valence-corrected chi connectivity index (χ0v) is 13.1. The molecular weight excluding hydrogens is 239 g/mol. The molecule has 0 aliphatic rings. The van der Waals surface area contributed by atoms with E-state index in [1.54, 1.807) is 0 Å². The Morgan fingerprint density at radius 1 is 1.11 bits per heavy atom. The van der Waals surface area contributed by atoms with Gasteiger partial charge in [0.25, 0.3) is 0 Å². The molecule has 0 aromatic heterocycles. The molecule has 1 rings (SSSR count). The Balaban J connectivity index is 0. The summed E-state index contributed by atoms with van der Waals surface area (Å²) in [5.41, 5.74) is 1.19. The number of rotatable bonds is 6. The summed E-state index contributed by atoms with van der Waals surface area (Å²) in [6.07, 6.45) is 2.85. The minimum absolute atomic E-state index is 0. The smallest absolute Gasteiger partial charge is 1.00 e. The number of ether oxygens (including phenoxy) is 1. The first-order chi connectivity index (χ1) is 8.22. The molecule has 0 saturated carbocycles. The second kappa shape index (κ2) is 10.3. The van der Waals surface area contributed by atoms with Crippen LogP contribution >= 0.6 is 0 Å². The fourth-order valence-electron chi connectivity index (χ4n) is 1.51. The van der Waals surface area contributed by atoms with Gasteiger partial charge in [-0.25, -0.2) is 0 Å². The van der Waals surface area contributed by atoms with E-state index >= 15 is 0 Å². The van der Waals surface area contributed by atoms with Crippen LogP contribution < -0.4 is 29.6 Å². The minimum Gasteiger partial charge on any atom is -1.00 e. The number of carbonyl (C=O) groups excluding carboxylic acids is 2. The molecule has 0 spiro atoms. The van der Waals surface area contributed by atoms with Gasteiger partial charge in [0.2, 0.25) is 0 Å². The molecule has 0 heterocycles. The van der Waals surface area contributed by atoms with Gasteiger partial charge in [0.05, 0.1) is 0 Å².